The molecular weight excluding hydrogens is 218 g/mol. The zero-order valence-corrected chi connectivity index (χ0v) is 11.0. The maximum absolute atomic E-state index is 5.92. The Bertz CT molecular complexity index is 361. The molecule has 0 saturated carbocycles. The van der Waals surface area contributed by atoms with Gasteiger partial charge in [-0.05, 0) is 26.7 Å². The van der Waals surface area contributed by atoms with Crippen molar-refractivity contribution >= 4 is 5.82 Å². The van der Waals surface area contributed by atoms with Gasteiger partial charge in [-0.15, -0.1) is 0 Å². The first-order valence-corrected chi connectivity index (χ1v) is 5.70. The quantitative estimate of drug-likeness (QED) is 0.504. The molecule has 1 heterocycles. The number of aryl methyl sites for hydroxylation is 1. The Kier molecular flexibility index (Phi) is 4.50. The topological polar surface area (TPSA) is 91.1 Å². The third kappa shape index (κ3) is 3.42. The van der Waals surface area contributed by atoms with Crippen LogP contribution in [0.4, 0.5) is 5.82 Å². The van der Waals surface area contributed by atoms with E-state index in [-0.39, 0.29) is 11.6 Å². The smallest absolute Gasteiger partial charge is 0.126 e. The second-order valence-corrected chi connectivity index (χ2v) is 4.83. The van der Waals surface area contributed by atoms with Crippen molar-refractivity contribution in [1.82, 2.24) is 15.2 Å². The van der Waals surface area contributed by atoms with Gasteiger partial charge in [0.15, 0.2) is 0 Å². The Labute approximate surface area is 102 Å². The van der Waals surface area contributed by atoms with Crippen molar-refractivity contribution < 1.29 is 4.74 Å². The van der Waals surface area contributed by atoms with Crippen LogP contribution in [-0.4, -0.2) is 22.5 Å². The molecule has 1 aromatic heterocycles. The average Bonchev–Trinajstić information content (AvgIpc) is 2.62. The zero-order valence-electron chi connectivity index (χ0n) is 11.0. The van der Waals surface area contributed by atoms with Gasteiger partial charge in [0.2, 0.25) is 0 Å². The number of hydrogen-bond acceptors (Lipinski definition) is 5. The molecule has 1 rings (SSSR count). The highest BCUT2D eigenvalue weighted by atomic mass is 16.5. The molecule has 5 N–H and O–H groups in total. The highest BCUT2D eigenvalue weighted by Gasteiger charge is 2.22. The van der Waals surface area contributed by atoms with Crippen LogP contribution in [0.25, 0.3) is 0 Å². The molecule has 6 nitrogen and oxygen atoms in total. The first kappa shape index (κ1) is 14.0. The third-order valence-corrected chi connectivity index (χ3v) is 3.18. The number of hydrogen-bond donors (Lipinski definition) is 3. The van der Waals surface area contributed by atoms with Crippen molar-refractivity contribution in [3.63, 3.8) is 0 Å². The van der Waals surface area contributed by atoms with E-state index in [1.807, 2.05) is 20.9 Å². The lowest BCUT2D eigenvalue weighted by Gasteiger charge is -2.25. The molecule has 0 saturated heterocycles. The van der Waals surface area contributed by atoms with E-state index in [4.69, 9.17) is 16.3 Å². The molecule has 17 heavy (non-hydrogen) atoms. The molecular formula is C11H23N5O. The van der Waals surface area contributed by atoms with Crippen LogP contribution >= 0.6 is 0 Å². The number of aromatic nitrogens is 2. The fourth-order valence-electron chi connectivity index (χ4n) is 1.66. The number of ether oxygens (including phenoxy) is 1. The maximum Gasteiger partial charge on any atom is 0.126 e. The number of anilines is 1. The number of nitrogens with zero attached hydrogens (tertiary/aromatic N) is 2. The van der Waals surface area contributed by atoms with Gasteiger partial charge in [-0.25, -0.2) is 0 Å². The predicted molar refractivity (Wildman–Crippen MR) is 68.0 cm³/mol. The van der Waals surface area contributed by atoms with E-state index in [2.05, 4.69) is 10.5 Å². The Hall–Kier alpha value is -1.11. The Morgan fingerprint density at radius 2 is 2.24 bits per heavy atom. The summed E-state index contributed by atoms with van der Waals surface area (Å²) in [6.07, 6.45) is 3.47. The molecule has 0 radical (unpaired) electrons. The Balaban J connectivity index is 2.70. The Morgan fingerprint density at radius 1 is 1.59 bits per heavy atom. The summed E-state index contributed by atoms with van der Waals surface area (Å²) in [5.41, 5.74) is 9.48. The summed E-state index contributed by atoms with van der Waals surface area (Å²) in [6, 6.07) is -0.00174. The van der Waals surface area contributed by atoms with Crippen molar-refractivity contribution in [1.29, 1.82) is 0 Å². The van der Waals surface area contributed by atoms with Gasteiger partial charge < -0.3 is 10.5 Å². The molecule has 0 spiro atoms. The molecule has 0 amide bonds. The lowest BCUT2D eigenvalue weighted by Crippen LogP contribution is -2.31. The maximum atomic E-state index is 5.92. The van der Waals surface area contributed by atoms with Crippen LogP contribution in [0.2, 0.25) is 0 Å². The molecule has 0 aliphatic carbocycles. The summed E-state index contributed by atoms with van der Waals surface area (Å²) >= 11 is 0. The summed E-state index contributed by atoms with van der Waals surface area (Å²) in [5, 5.41) is 4.11. The van der Waals surface area contributed by atoms with Crippen LogP contribution in [-0.2, 0) is 11.8 Å². The molecule has 1 aromatic rings. The van der Waals surface area contributed by atoms with E-state index in [9.17, 15) is 0 Å². The summed E-state index contributed by atoms with van der Waals surface area (Å²) in [6.45, 7) is 4.10. The first-order chi connectivity index (χ1) is 7.91. The van der Waals surface area contributed by atoms with Crippen LogP contribution in [0.5, 0.6) is 0 Å². The molecule has 1 unspecified atom stereocenters. The molecule has 0 bridgehead atoms. The van der Waals surface area contributed by atoms with Gasteiger partial charge in [-0.2, -0.15) is 5.10 Å². The van der Waals surface area contributed by atoms with Crippen LogP contribution in [0.3, 0.4) is 0 Å². The predicted octanol–water partition coefficient (Wildman–Crippen LogP) is 0.712. The zero-order chi connectivity index (χ0) is 13.1. The van der Waals surface area contributed by atoms with Gasteiger partial charge in [0, 0.05) is 19.7 Å². The van der Waals surface area contributed by atoms with Gasteiger partial charge in [-0.3, -0.25) is 16.0 Å². The van der Waals surface area contributed by atoms with E-state index < -0.39 is 0 Å². The lowest BCUT2D eigenvalue weighted by molar-refractivity contribution is 0.0117. The minimum Gasteiger partial charge on any atom is -0.384 e. The van der Waals surface area contributed by atoms with Gasteiger partial charge in [-0.1, -0.05) is 0 Å². The van der Waals surface area contributed by atoms with Gasteiger partial charge >= 0.3 is 0 Å². The molecule has 6 heteroatoms. The molecule has 0 aromatic carbocycles. The van der Waals surface area contributed by atoms with Gasteiger partial charge in [0.05, 0.1) is 17.8 Å². The largest absolute Gasteiger partial charge is 0.384 e. The van der Waals surface area contributed by atoms with E-state index in [0.717, 1.165) is 18.4 Å². The van der Waals surface area contributed by atoms with Crippen LogP contribution in [0, 0.1) is 0 Å². The van der Waals surface area contributed by atoms with Crippen LogP contribution in [0.15, 0.2) is 6.20 Å². The molecule has 0 aliphatic rings. The standard InChI is InChI=1S/C11H23N5O/c1-11(2,17-4)6-5-9(15-13)8-7-14-16(3)10(8)12/h7,9,15H,5-6,12-13H2,1-4H3. The van der Waals surface area contributed by atoms with E-state index >= 15 is 0 Å². The second kappa shape index (κ2) is 5.48. The van der Waals surface area contributed by atoms with E-state index in [1.54, 1.807) is 18.0 Å². The minimum absolute atomic E-state index is 0.00174. The highest BCUT2D eigenvalue weighted by Crippen LogP contribution is 2.26. The second-order valence-electron chi connectivity index (χ2n) is 4.83. The minimum atomic E-state index is -0.161. The van der Waals surface area contributed by atoms with Crippen LogP contribution in [0.1, 0.15) is 38.3 Å². The third-order valence-electron chi connectivity index (χ3n) is 3.18. The number of hydrazine groups is 1. The van der Waals surface area contributed by atoms with E-state index in [0.29, 0.717) is 5.82 Å². The fraction of sp³-hybridized carbons (Fsp3) is 0.727. The number of methoxy groups -OCH3 is 1. The number of nitrogen functional groups attached to an aromatic ring is 1. The molecule has 0 fully saturated rings. The van der Waals surface area contributed by atoms with Crippen molar-refractivity contribution in [3.8, 4) is 0 Å². The summed E-state index contributed by atoms with van der Waals surface area (Å²) in [5.74, 6) is 6.21. The lowest BCUT2D eigenvalue weighted by atomic mass is 9.96. The average molecular weight is 241 g/mol. The summed E-state index contributed by atoms with van der Waals surface area (Å²) in [4.78, 5) is 0. The first-order valence-electron chi connectivity index (χ1n) is 5.70. The normalized spacial score (nSPS) is 13.9. The van der Waals surface area contributed by atoms with E-state index in [1.165, 1.54) is 0 Å². The summed E-state index contributed by atoms with van der Waals surface area (Å²) in [7, 11) is 3.52. The highest BCUT2D eigenvalue weighted by molar-refractivity contribution is 5.40. The van der Waals surface area contributed by atoms with Gasteiger partial charge in [0.1, 0.15) is 5.82 Å². The molecule has 0 aliphatic heterocycles. The molecule has 98 valence electrons. The summed E-state index contributed by atoms with van der Waals surface area (Å²) < 4.78 is 7.02. The SMILES string of the molecule is COC(C)(C)CCC(NN)c1cnn(C)c1N. The monoisotopic (exact) mass is 241 g/mol. The molecule has 1 atom stereocenters. The van der Waals surface area contributed by atoms with Crippen molar-refractivity contribution in [2.24, 2.45) is 12.9 Å². The van der Waals surface area contributed by atoms with Crippen molar-refractivity contribution in [2.45, 2.75) is 38.3 Å². The number of rotatable bonds is 6. The number of nitrogens with two attached hydrogens (primary N) is 2. The van der Waals surface area contributed by atoms with Crippen LogP contribution < -0.4 is 17.0 Å². The number of nitrogens with one attached hydrogen (secondary N) is 1. The fourth-order valence-corrected chi connectivity index (χ4v) is 1.66. The van der Waals surface area contributed by atoms with Crippen molar-refractivity contribution in [2.75, 3.05) is 12.8 Å². The Morgan fingerprint density at radius 3 is 2.65 bits per heavy atom. The van der Waals surface area contributed by atoms with Gasteiger partial charge in [0.25, 0.3) is 0 Å². The van der Waals surface area contributed by atoms with Crippen molar-refractivity contribution in [3.05, 3.63) is 11.8 Å².